The second kappa shape index (κ2) is 5.65. The van der Waals surface area contributed by atoms with Crippen molar-refractivity contribution >= 4 is 22.5 Å². The van der Waals surface area contributed by atoms with Crippen LogP contribution in [0, 0.1) is 6.92 Å². The number of para-hydroxylation sites is 1. The van der Waals surface area contributed by atoms with Crippen LogP contribution < -0.4 is 5.32 Å². The zero-order chi connectivity index (χ0) is 13.9. The number of aromatic nitrogens is 2. The molecule has 0 fully saturated rings. The van der Waals surface area contributed by atoms with Gasteiger partial charge >= 0.3 is 0 Å². The molecular formula is C16H16ClN3. The van der Waals surface area contributed by atoms with Crippen molar-refractivity contribution < 1.29 is 0 Å². The number of nitrogens with one attached hydrogen (secondary N) is 2. The first kappa shape index (κ1) is 13.2. The van der Waals surface area contributed by atoms with Crippen LogP contribution in [0.25, 0.3) is 10.9 Å². The third kappa shape index (κ3) is 2.69. The molecule has 20 heavy (non-hydrogen) atoms. The number of aromatic amines is 1. The van der Waals surface area contributed by atoms with Gasteiger partial charge in [0.25, 0.3) is 0 Å². The number of benzene rings is 1. The van der Waals surface area contributed by atoms with E-state index >= 15 is 0 Å². The van der Waals surface area contributed by atoms with Gasteiger partial charge in [-0.3, -0.25) is 4.98 Å². The Bertz CT molecular complexity index is 733. The van der Waals surface area contributed by atoms with Crippen LogP contribution in [0.15, 0.2) is 42.5 Å². The molecule has 0 aliphatic heterocycles. The summed E-state index contributed by atoms with van der Waals surface area (Å²) in [7, 11) is 0. The fraction of sp³-hybridized carbons (Fsp3) is 0.188. The van der Waals surface area contributed by atoms with Crippen LogP contribution in [0.5, 0.6) is 0 Å². The highest BCUT2D eigenvalue weighted by atomic mass is 35.5. The molecule has 0 saturated carbocycles. The van der Waals surface area contributed by atoms with Crippen molar-refractivity contribution in [1.82, 2.24) is 15.3 Å². The number of hydrogen-bond donors (Lipinski definition) is 2. The molecule has 0 atom stereocenters. The molecule has 0 spiro atoms. The third-order valence-electron chi connectivity index (χ3n) is 3.27. The van der Waals surface area contributed by atoms with E-state index in [4.69, 9.17) is 11.6 Å². The number of rotatable bonds is 4. The Kier molecular flexibility index (Phi) is 3.72. The third-order valence-corrected chi connectivity index (χ3v) is 3.70. The molecule has 2 heterocycles. The molecule has 3 aromatic rings. The Morgan fingerprint density at radius 1 is 1.10 bits per heavy atom. The first-order valence-corrected chi connectivity index (χ1v) is 7.00. The number of H-pyrrole nitrogens is 1. The molecule has 4 heteroatoms. The van der Waals surface area contributed by atoms with Gasteiger partial charge in [0.05, 0.1) is 10.7 Å². The Morgan fingerprint density at radius 2 is 1.95 bits per heavy atom. The Hall–Kier alpha value is -1.84. The molecule has 0 amide bonds. The lowest BCUT2D eigenvalue weighted by molar-refractivity contribution is 0.669. The Labute approximate surface area is 123 Å². The first-order chi connectivity index (χ1) is 9.74. The first-order valence-electron chi connectivity index (χ1n) is 6.62. The van der Waals surface area contributed by atoms with Crippen molar-refractivity contribution in [1.29, 1.82) is 0 Å². The summed E-state index contributed by atoms with van der Waals surface area (Å²) in [6.07, 6.45) is 0. The molecule has 3 nitrogen and oxygen atoms in total. The van der Waals surface area contributed by atoms with Gasteiger partial charge in [0.15, 0.2) is 0 Å². The lowest BCUT2D eigenvalue weighted by Gasteiger charge is -2.04. The van der Waals surface area contributed by atoms with E-state index in [0.717, 1.165) is 39.6 Å². The largest absolute Gasteiger partial charge is 0.356 e. The van der Waals surface area contributed by atoms with Crippen LogP contribution in [0.4, 0.5) is 0 Å². The molecule has 3 rings (SSSR count). The molecule has 0 unspecified atom stereocenters. The molecule has 0 aliphatic carbocycles. The van der Waals surface area contributed by atoms with Gasteiger partial charge in [0.1, 0.15) is 0 Å². The fourth-order valence-electron chi connectivity index (χ4n) is 2.30. The normalized spacial score (nSPS) is 11.1. The van der Waals surface area contributed by atoms with Gasteiger partial charge in [-0.15, -0.1) is 0 Å². The standard InChI is InChI=1S/C16H16ClN3/c1-11-5-4-6-12(19-11)9-18-10-15-16(17)13-7-2-3-8-14(13)20-15/h2-8,18,20H,9-10H2,1H3. The van der Waals surface area contributed by atoms with E-state index in [2.05, 4.69) is 15.3 Å². The van der Waals surface area contributed by atoms with Crippen LogP contribution >= 0.6 is 11.6 Å². The van der Waals surface area contributed by atoms with Gasteiger partial charge in [-0.1, -0.05) is 35.9 Å². The second-order valence-corrected chi connectivity index (χ2v) is 5.21. The predicted molar refractivity (Wildman–Crippen MR) is 82.8 cm³/mol. The molecular weight excluding hydrogens is 270 g/mol. The lowest BCUT2D eigenvalue weighted by atomic mass is 10.2. The van der Waals surface area contributed by atoms with Crippen molar-refractivity contribution in [2.75, 3.05) is 0 Å². The van der Waals surface area contributed by atoms with Crippen molar-refractivity contribution in [2.24, 2.45) is 0 Å². The van der Waals surface area contributed by atoms with E-state index in [1.54, 1.807) is 0 Å². The minimum Gasteiger partial charge on any atom is -0.356 e. The van der Waals surface area contributed by atoms with Gasteiger partial charge in [-0.05, 0) is 25.1 Å². The number of hydrogen-bond acceptors (Lipinski definition) is 2. The maximum absolute atomic E-state index is 6.38. The zero-order valence-corrected chi connectivity index (χ0v) is 12.0. The highest BCUT2D eigenvalue weighted by molar-refractivity contribution is 6.36. The van der Waals surface area contributed by atoms with E-state index in [1.165, 1.54) is 0 Å². The summed E-state index contributed by atoms with van der Waals surface area (Å²) in [5, 5.41) is 5.23. The van der Waals surface area contributed by atoms with Crippen LogP contribution in [-0.4, -0.2) is 9.97 Å². The molecule has 0 saturated heterocycles. The van der Waals surface area contributed by atoms with Gasteiger partial charge in [0.2, 0.25) is 0 Å². The quantitative estimate of drug-likeness (QED) is 0.765. The Balaban J connectivity index is 1.69. The van der Waals surface area contributed by atoms with E-state index in [-0.39, 0.29) is 0 Å². The van der Waals surface area contributed by atoms with Crippen LogP contribution in [-0.2, 0) is 13.1 Å². The molecule has 2 N–H and O–H groups in total. The van der Waals surface area contributed by atoms with Crippen molar-refractivity contribution in [2.45, 2.75) is 20.0 Å². The van der Waals surface area contributed by atoms with Gasteiger partial charge in [-0.2, -0.15) is 0 Å². The number of aryl methyl sites for hydroxylation is 1. The summed E-state index contributed by atoms with van der Waals surface area (Å²) in [5.74, 6) is 0. The van der Waals surface area contributed by atoms with E-state index < -0.39 is 0 Å². The molecule has 0 bridgehead atoms. The highest BCUT2D eigenvalue weighted by Gasteiger charge is 2.08. The number of fused-ring (bicyclic) bond motifs is 1. The topological polar surface area (TPSA) is 40.7 Å². The summed E-state index contributed by atoms with van der Waals surface area (Å²) < 4.78 is 0. The highest BCUT2D eigenvalue weighted by Crippen LogP contribution is 2.26. The summed E-state index contributed by atoms with van der Waals surface area (Å²) in [5.41, 5.74) is 4.16. The minimum absolute atomic E-state index is 0.698. The molecule has 0 aliphatic rings. The smallest absolute Gasteiger partial charge is 0.0705 e. The van der Waals surface area contributed by atoms with E-state index in [0.29, 0.717) is 6.54 Å². The van der Waals surface area contributed by atoms with Gasteiger partial charge < -0.3 is 10.3 Å². The van der Waals surface area contributed by atoms with Gasteiger partial charge in [-0.25, -0.2) is 0 Å². The Morgan fingerprint density at radius 3 is 2.75 bits per heavy atom. The minimum atomic E-state index is 0.698. The average molecular weight is 286 g/mol. The summed E-state index contributed by atoms with van der Waals surface area (Å²) >= 11 is 6.38. The fourth-order valence-corrected chi connectivity index (χ4v) is 2.58. The summed E-state index contributed by atoms with van der Waals surface area (Å²) in [6, 6.07) is 14.1. The zero-order valence-electron chi connectivity index (χ0n) is 11.3. The maximum Gasteiger partial charge on any atom is 0.0705 e. The molecule has 102 valence electrons. The van der Waals surface area contributed by atoms with Gasteiger partial charge in [0, 0.05) is 35.4 Å². The number of nitrogens with zero attached hydrogens (tertiary/aromatic N) is 1. The average Bonchev–Trinajstić information content (AvgIpc) is 2.76. The second-order valence-electron chi connectivity index (χ2n) is 4.84. The van der Waals surface area contributed by atoms with E-state index in [9.17, 15) is 0 Å². The van der Waals surface area contributed by atoms with E-state index in [1.807, 2.05) is 49.4 Å². The molecule has 0 radical (unpaired) electrons. The summed E-state index contributed by atoms with van der Waals surface area (Å²) in [4.78, 5) is 7.81. The number of halogens is 1. The lowest BCUT2D eigenvalue weighted by Crippen LogP contribution is -2.14. The number of pyridine rings is 1. The molecule has 1 aromatic carbocycles. The SMILES string of the molecule is Cc1cccc(CNCc2[nH]c3ccccc3c2Cl)n1. The van der Waals surface area contributed by atoms with Crippen molar-refractivity contribution in [3.63, 3.8) is 0 Å². The van der Waals surface area contributed by atoms with Crippen LogP contribution in [0.2, 0.25) is 5.02 Å². The van der Waals surface area contributed by atoms with Crippen LogP contribution in [0.3, 0.4) is 0 Å². The van der Waals surface area contributed by atoms with Crippen molar-refractivity contribution in [3.05, 3.63) is 64.6 Å². The monoisotopic (exact) mass is 285 g/mol. The maximum atomic E-state index is 6.38. The van der Waals surface area contributed by atoms with Crippen molar-refractivity contribution in [3.8, 4) is 0 Å². The van der Waals surface area contributed by atoms with Crippen LogP contribution in [0.1, 0.15) is 17.1 Å². The molecule has 2 aromatic heterocycles. The summed E-state index contributed by atoms with van der Waals surface area (Å²) in [6.45, 7) is 3.43. The predicted octanol–water partition coefficient (Wildman–Crippen LogP) is 3.81.